The van der Waals surface area contributed by atoms with Gasteiger partial charge in [0.25, 0.3) is 0 Å². The summed E-state index contributed by atoms with van der Waals surface area (Å²) in [5.74, 6) is -0.467. The number of nitrogens with one attached hydrogen (secondary N) is 2. The van der Waals surface area contributed by atoms with E-state index in [2.05, 4.69) is 31.4 Å². The summed E-state index contributed by atoms with van der Waals surface area (Å²) in [4.78, 5) is 24.5. The van der Waals surface area contributed by atoms with Crippen LogP contribution in [0.5, 0.6) is 0 Å². The van der Waals surface area contributed by atoms with Crippen molar-refractivity contribution in [3.05, 3.63) is 0 Å². The normalized spacial score (nSPS) is 17.4. The predicted octanol–water partition coefficient (Wildman–Crippen LogP) is 1.52. The number of hydrogen-bond donors (Lipinski definition) is 3. The van der Waals surface area contributed by atoms with Gasteiger partial charge in [0.1, 0.15) is 0 Å². The molecule has 1 saturated heterocycles. The van der Waals surface area contributed by atoms with Crippen molar-refractivity contribution in [2.45, 2.75) is 40.0 Å². The van der Waals surface area contributed by atoms with Gasteiger partial charge in [-0.3, -0.25) is 4.79 Å². The van der Waals surface area contributed by atoms with E-state index in [4.69, 9.17) is 5.11 Å². The van der Waals surface area contributed by atoms with Crippen molar-refractivity contribution in [3.8, 4) is 0 Å². The van der Waals surface area contributed by atoms with Crippen LogP contribution in [0.1, 0.15) is 40.0 Å². The fourth-order valence-electron chi connectivity index (χ4n) is 2.64. The number of urea groups is 1. The van der Waals surface area contributed by atoms with Crippen LogP contribution in [-0.2, 0) is 4.79 Å². The van der Waals surface area contributed by atoms with Gasteiger partial charge in [0.05, 0.1) is 0 Å². The van der Waals surface area contributed by atoms with E-state index < -0.39 is 5.97 Å². The van der Waals surface area contributed by atoms with Gasteiger partial charge in [0.2, 0.25) is 0 Å². The molecule has 0 saturated carbocycles. The highest BCUT2D eigenvalue weighted by Gasteiger charge is 2.25. The number of carbonyl (C=O) groups excluding carboxylic acids is 1. The first kappa shape index (κ1) is 17.8. The van der Waals surface area contributed by atoms with E-state index in [0.717, 1.165) is 32.6 Å². The molecule has 122 valence electrons. The Balaban J connectivity index is 2.34. The Bertz CT molecular complexity index is 347. The maximum atomic E-state index is 12.0. The SMILES string of the molecule is CC(C)(C)C(CCNC(=O)N1CCNCC1)CCC(=O)O. The lowest BCUT2D eigenvalue weighted by atomic mass is 9.76. The second-order valence-electron chi connectivity index (χ2n) is 6.75. The topological polar surface area (TPSA) is 81.7 Å². The molecule has 0 aliphatic carbocycles. The van der Waals surface area contributed by atoms with Crippen molar-refractivity contribution >= 4 is 12.0 Å². The van der Waals surface area contributed by atoms with Gasteiger partial charge in [-0.15, -0.1) is 0 Å². The summed E-state index contributed by atoms with van der Waals surface area (Å²) >= 11 is 0. The minimum atomic E-state index is -0.755. The number of carboxylic acids is 1. The molecule has 0 spiro atoms. The first-order chi connectivity index (χ1) is 9.80. The first-order valence-corrected chi connectivity index (χ1v) is 7.76. The monoisotopic (exact) mass is 299 g/mol. The van der Waals surface area contributed by atoms with E-state index in [0.29, 0.717) is 13.0 Å². The van der Waals surface area contributed by atoms with E-state index >= 15 is 0 Å². The average Bonchev–Trinajstić information content (AvgIpc) is 2.41. The van der Waals surface area contributed by atoms with Gasteiger partial charge >= 0.3 is 12.0 Å². The summed E-state index contributed by atoms with van der Waals surface area (Å²) in [6.45, 7) is 10.1. The molecule has 1 atom stereocenters. The molecular formula is C15H29N3O3. The molecule has 1 rings (SSSR count). The van der Waals surface area contributed by atoms with Crippen LogP contribution in [0.3, 0.4) is 0 Å². The van der Waals surface area contributed by atoms with E-state index in [-0.39, 0.29) is 23.8 Å². The average molecular weight is 299 g/mol. The van der Waals surface area contributed by atoms with Gasteiger partial charge in [0, 0.05) is 39.1 Å². The fraction of sp³-hybridized carbons (Fsp3) is 0.867. The van der Waals surface area contributed by atoms with Crippen LogP contribution in [0, 0.1) is 11.3 Å². The number of carbonyl (C=O) groups is 2. The van der Waals surface area contributed by atoms with Gasteiger partial charge in [-0.2, -0.15) is 0 Å². The number of nitrogens with zero attached hydrogens (tertiary/aromatic N) is 1. The van der Waals surface area contributed by atoms with Crippen molar-refractivity contribution < 1.29 is 14.7 Å². The lowest BCUT2D eigenvalue weighted by Crippen LogP contribution is -2.50. The molecular weight excluding hydrogens is 270 g/mol. The first-order valence-electron chi connectivity index (χ1n) is 7.76. The highest BCUT2D eigenvalue weighted by molar-refractivity contribution is 5.74. The second kappa shape index (κ2) is 8.22. The summed E-state index contributed by atoms with van der Waals surface area (Å²) in [5.41, 5.74) is 0.0508. The molecule has 1 heterocycles. The Hall–Kier alpha value is -1.30. The van der Waals surface area contributed by atoms with Crippen LogP contribution in [0.4, 0.5) is 4.79 Å². The molecule has 21 heavy (non-hydrogen) atoms. The lowest BCUT2D eigenvalue weighted by Gasteiger charge is -2.31. The Morgan fingerprint density at radius 2 is 1.86 bits per heavy atom. The number of carboxylic acid groups (broad SMARTS) is 1. The summed E-state index contributed by atoms with van der Waals surface area (Å²) < 4.78 is 0. The molecule has 6 nitrogen and oxygen atoms in total. The van der Waals surface area contributed by atoms with Crippen molar-refractivity contribution in [1.82, 2.24) is 15.5 Å². The van der Waals surface area contributed by atoms with Crippen LogP contribution in [-0.4, -0.2) is 54.7 Å². The minimum Gasteiger partial charge on any atom is -0.481 e. The summed E-state index contributed by atoms with van der Waals surface area (Å²) in [7, 11) is 0. The summed E-state index contributed by atoms with van der Waals surface area (Å²) in [6, 6.07) is -0.0117. The second-order valence-corrected chi connectivity index (χ2v) is 6.75. The maximum absolute atomic E-state index is 12.0. The Kier molecular flexibility index (Phi) is 6.95. The fourth-order valence-corrected chi connectivity index (χ4v) is 2.64. The lowest BCUT2D eigenvalue weighted by molar-refractivity contribution is -0.137. The summed E-state index contributed by atoms with van der Waals surface area (Å²) in [5, 5.41) is 15.0. The van der Waals surface area contributed by atoms with Crippen molar-refractivity contribution in [2.24, 2.45) is 11.3 Å². The van der Waals surface area contributed by atoms with Crippen LogP contribution in [0.15, 0.2) is 0 Å². The third-order valence-electron chi connectivity index (χ3n) is 4.10. The molecule has 1 unspecified atom stereocenters. The zero-order valence-corrected chi connectivity index (χ0v) is 13.4. The van der Waals surface area contributed by atoms with Crippen LogP contribution < -0.4 is 10.6 Å². The van der Waals surface area contributed by atoms with E-state index in [1.54, 1.807) is 0 Å². The molecule has 0 bridgehead atoms. The smallest absolute Gasteiger partial charge is 0.317 e. The molecule has 0 aromatic carbocycles. The number of amides is 2. The molecule has 1 aliphatic heterocycles. The van der Waals surface area contributed by atoms with Gasteiger partial charge in [-0.25, -0.2) is 4.79 Å². The Morgan fingerprint density at radius 1 is 1.24 bits per heavy atom. The van der Waals surface area contributed by atoms with Gasteiger partial charge in [-0.1, -0.05) is 20.8 Å². The molecule has 1 fully saturated rings. The molecule has 0 radical (unpaired) electrons. The molecule has 2 amide bonds. The molecule has 6 heteroatoms. The molecule has 0 aromatic heterocycles. The van der Waals surface area contributed by atoms with Crippen LogP contribution in [0.25, 0.3) is 0 Å². The minimum absolute atomic E-state index is 0.0117. The molecule has 3 N–H and O–H groups in total. The largest absolute Gasteiger partial charge is 0.481 e. The zero-order chi connectivity index (χ0) is 15.9. The standard InChI is InChI=1S/C15H29N3O3/c1-15(2,3)12(4-5-13(19)20)6-7-17-14(21)18-10-8-16-9-11-18/h12,16H,4-11H2,1-3H3,(H,17,21)(H,19,20). The molecule has 0 aromatic rings. The highest BCUT2D eigenvalue weighted by atomic mass is 16.4. The number of rotatable bonds is 6. The van der Waals surface area contributed by atoms with E-state index in [9.17, 15) is 9.59 Å². The third-order valence-corrected chi connectivity index (χ3v) is 4.10. The Labute approximate surface area is 127 Å². The maximum Gasteiger partial charge on any atom is 0.317 e. The van der Waals surface area contributed by atoms with Gasteiger partial charge < -0.3 is 20.6 Å². The van der Waals surface area contributed by atoms with Gasteiger partial charge in [-0.05, 0) is 24.2 Å². The van der Waals surface area contributed by atoms with E-state index in [1.807, 2.05) is 4.90 Å². The summed E-state index contributed by atoms with van der Waals surface area (Å²) in [6.07, 6.45) is 1.66. The van der Waals surface area contributed by atoms with Crippen LogP contribution in [0.2, 0.25) is 0 Å². The number of hydrogen-bond acceptors (Lipinski definition) is 3. The van der Waals surface area contributed by atoms with Crippen molar-refractivity contribution in [1.29, 1.82) is 0 Å². The van der Waals surface area contributed by atoms with E-state index in [1.165, 1.54) is 0 Å². The Morgan fingerprint density at radius 3 is 2.38 bits per heavy atom. The van der Waals surface area contributed by atoms with Gasteiger partial charge in [0.15, 0.2) is 0 Å². The van der Waals surface area contributed by atoms with Crippen LogP contribution >= 0.6 is 0 Å². The van der Waals surface area contributed by atoms with Crippen molar-refractivity contribution in [2.75, 3.05) is 32.7 Å². The number of piperazine rings is 1. The predicted molar refractivity (Wildman–Crippen MR) is 82.3 cm³/mol. The number of aliphatic carboxylic acids is 1. The third kappa shape index (κ3) is 6.80. The zero-order valence-electron chi connectivity index (χ0n) is 13.4. The molecule has 1 aliphatic rings. The van der Waals surface area contributed by atoms with Crippen molar-refractivity contribution in [3.63, 3.8) is 0 Å². The quantitative estimate of drug-likeness (QED) is 0.694. The highest BCUT2D eigenvalue weighted by Crippen LogP contribution is 2.32.